The van der Waals surface area contributed by atoms with E-state index in [4.69, 9.17) is 19.9 Å². The number of hydrogen-bond donors (Lipinski definition) is 3. The van der Waals surface area contributed by atoms with E-state index >= 15 is 0 Å². The molecule has 1 aliphatic heterocycles. The van der Waals surface area contributed by atoms with E-state index < -0.39 is 5.91 Å². The molecule has 1 saturated heterocycles. The Morgan fingerprint density at radius 3 is 2.59 bits per heavy atom. The number of carbonyl (C=O) groups is 1. The number of hydrogen-bond acceptors (Lipinski definition) is 10. The van der Waals surface area contributed by atoms with Crippen LogP contribution in [0.5, 0.6) is 11.5 Å². The van der Waals surface area contributed by atoms with Crippen LogP contribution in [0.15, 0.2) is 55.0 Å². The second kappa shape index (κ2) is 10.3. The summed E-state index contributed by atoms with van der Waals surface area (Å²) in [4.78, 5) is 25.3. The van der Waals surface area contributed by atoms with Crippen molar-refractivity contribution in [3.63, 3.8) is 0 Å². The molecule has 0 spiro atoms. The summed E-state index contributed by atoms with van der Waals surface area (Å²) in [5, 5.41) is 16.2. The number of ether oxygens (including phenoxy) is 3. The molecule has 0 bridgehead atoms. The number of carbonyl (C=O) groups excluding carboxylic acids is 1. The molecule has 3 heterocycles. The minimum absolute atomic E-state index is 0.0108. The Labute approximate surface area is 212 Å². The monoisotopic (exact) mass is 497 g/mol. The van der Waals surface area contributed by atoms with E-state index in [2.05, 4.69) is 31.7 Å². The number of nitrogens with two attached hydrogens (primary N) is 1. The normalized spacial score (nSPS) is 14.6. The Morgan fingerprint density at radius 1 is 1.14 bits per heavy atom. The molecule has 4 N–H and O–H groups in total. The van der Waals surface area contributed by atoms with Crippen LogP contribution in [0.4, 0.5) is 22.7 Å². The van der Waals surface area contributed by atoms with Gasteiger partial charge in [-0.15, -0.1) is 0 Å². The van der Waals surface area contributed by atoms with E-state index in [0.717, 1.165) is 6.42 Å². The van der Waals surface area contributed by atoms with Crippen LogP contribution in [-0.4, -0.2) is 47.3 Å². The average Bonchev–Trinajstić information content (AvgIpc) is 3.43. The highest BCUT2D eigenvalue weighted by molar-refractivity contribution is 6.02. The number of nitriles is 1. The van der Waals surface area contributed by atoms with Crippen LogP contribution in [0.2, 0.25) is 0 Å². The van der Waals surface area contributed by atoms with Crippen molar-refractivity contribution < 1.29 is 19.0 Å². The third-order valence-electron chi connectivity index (χ3n) is 5.77. The van der Waals surface area contributed by atoms with Gasteiger partial charge in [0, 0.05) is 29.8 Å². The molecule has 2 aromatic heterocycles. The third-order valence-corrected chi connectivity index (χ3v) is 5.77. The summed E-state index contributed by atoms with van der Waals surface area (Å²) < 4.78 is 16.5. The molecule has 5 rings (SSSR count). The lowest BCUT2D eigenvalue weighted by molar-refractivity contribution is 0.101. The van der Waals surface area contributed by atoms with Crippen molar-refractivity contribution in [2.75, 3.05) is 36.7 Å². The predicted molar refractivity (Wildman–Crippen MR) is 137 cm³/mol. The molecule has 0 aliphatic carbocycles. The molecular formula is C26H23N7O4. The predicted octanol–water partition coefficient (Wildman–Crippen LogP) is 3.65. The summed E-state index contributed by atoms with van der Waals surface area (Å²) in [6.45, 7) is 1.17. The number of amides is 1. The average molecular weight is 498 g/mol. The number of aromatic nitrogens is 3. The van der Waals surface area contributed by atoms with Gasteiger partial charge in [0.2, 0.25) is 5.82 Å². The molecule has 0 radical (unpaired) electrons. The van der Waals surface area contributed by atoms with E-state index in [1.165, 1.54) is 18.6 Å². The van der Waals surface area contributed by atoms with Gasteiger partial charge in [0.05, 0.1) is 60.9 Å². The van der Waals surface area contributed by atoms with Crippen molar-refractivity contribution in [1.29, 1.82) is 5.26 Å². The minimum atomic E-state index is -0.461. The van der Waals surface area contributed by atoms with Crippen molar-refractivity contribution >= 4 is 39.6 Å². The maximum Gasteiger partial charge on any atom is 0.293 e. The Morgan fingerprint density at radius 2 is 1.92 bits per heavy atom. The fourth-order valence-electron chi connectivity index (χ4n) is 3.86. The molecule has 1 amide bonds. The summed E-state index contributed by atoms with van der Waals surface area (Å²) in [5.41, 5.74) is 9.15. The standard InChI is InChI=1S/C26H23N7O4/c1-35-18-4-2-16(3-5-18)33-26(34)25-30-12-17(13-31-25)32-24-15(10-27)11-29-22-9-23(21(28)8-20(22)24)37-19-6-7-36-14-19/h2-5,8-9,11-13,19H,6-7,14,28H2,1H3,(H,29,32)(H,33,34). The maximum atomic E-state index is 12.5. The second-order valence-electron chi connectivity index (χ2n) is 8.27. The molecule has 1 aliphatic rings. The van der Waals surface area contributed by atoms with Crippen LogP contribution in [0.25, 0.3) is 10.9 Å². The zero-order valence-corrected chi connectivity index (χ0v) is 19.9. The van der Waals surface area contributed by atoms with Gasteiger partial charge in [-0.05, 0) is 30.3 Å². The van der Waals surface area contributed by atoms with E-state index in [9.17, 15) is 10.1 Å². The number of nitrogens with one attached hydrogen (secondary N) is 2. The summed E-state index contributed by atoms with van der Waals surface area (Å²) in [7, 11) is 1.57. The van der Waals surface area contributed by atoms with Crippen LogP contribution in [0.1, 0.15) is 22.6 Å². The van der Waals surface area contributed by atoms with Gasteiger partial charge in [-0.2, -0.15) is 5.26 Å². The quantitative estimate of drug-likeness (QED) is 0.322. The number of anilines is 4. The maximum absolute atomic E-state index is 12.5. The van der Waals surface area contributed by atoms with E-state index in [-0.39, 0.29) is 11.9 Å². The van der Waals surface area contributed by atoms with E-state index in [1.807, 2.05) is 0 Å². The fourth-order valence-corrected chi connectivity index (χ4v) is 3.86. The SMILES string of the molecule is COc1ccc(NC(=O)c2ncc(Nc3c(C#N)cnc4cc(OC5CCOC5)c(N)cc34)cn2)cc1. The number of nitrogen functional groups attached to an aromatic ring is 1. The van der Waals surface area contributed by atoms with Crippen molar-refractivity contribution in [2.45, 2.75) is 12.5 Å². The van der Waals surface area contributed by atoms with Gasteiger partial charge in [-0.1, -0.05) is 0 Å². The Hall–Kier alpha value is -4.95. The van der Waals surface area contributed by atoms with Gasteiger partial charge in [0.15, 0.2) is 0 Å². The van der Waals surface area contributed by atoms with Crippen molar-refractivity contribution in [2.24, 2.45) is 0 Å². The highest BCUT2D eigenvalue weighted by atomic mass is 16.5. The lowest BCUT2D eigenvalue weighted by atomic mass is 10.1. The van der Waals surface area contributed by atoms with Crippen LogP contribution < -0.4 is 25.8 Å². The van der Waals surface area contributed by atoms with Gasteiger partial charge in [0.25, 0.3) is 5.91 Å². The first-order valence-corrected chi connectivity index (χ1v) is 11.4. The smallest absolute Gasteiger partial charge is 0.293 e. The number of nitrogens with zero attached hydrogens (tertiary/aromatic N) is 4. The molecule has 11 nitrogen and oxygen atoms in total. The number of rotatable bonds is 7. The summed E-state index contributed by atoms with van der Waals surface area (Å²) >= 11 is 0. The van der Waals surface area contributed by atoms with Crippen molar-refractivity contribution in [1.82, 2.24) is 15.0 Å². The minimum Gasteiger partial charge on any atom is -0.497 e. The number of pyridine rings is 1. The van der Waals surface area contributed by atoms with Gasteiger partial charge in [0.1, 0.15) is 23.7 Å². The summed E-state index contributed by atoms with van der Waals surface area (Å²) in [5.74, 6) is 0.723. The summed E-state index contributed by atoms with van der Waals surface area (Å²) in [6.07, 6.45) is 5.13. The van der Waals surface area contributed by atoms with Crippen LogP contribution in [0.3, 0.4) is 0 Å². The third kappa shape index (κ3) is 5.19. The van der Waals surface area contributed by atoms with Crippen LogP contribution in [0, 0.1) is 11.3 Å². The zero-order valence-electron chi connectivity index (χ0n) is 19.9. The van der Waals surface area contributed by atoms with Gasteiger partial charge in [-0.3, -0.25) is 9.78 Å². The highest BCUT2D eigenvalue weighted by Crippen LogP contribution is 2.35. The second-order valence-corrected chi connectivity index (χ2v) is 8.27. The van der Waals surface area contributed by atoms with Crippen molar-refractivity contribution in [3.8, 4) is 17.6 Å². The van der Waals surface area contributed by atoms with Gasteiger partial charge in [-0.25, -0.2) is 9.97 Å². The molecule has 1 unspecified atom stereocenters. The molecule has 11 heteroatoms. The number of fused-ring (bicyclic) bond motifs is 1. The number of benzene rings is 2. The molecule has 186 valence electrons. The first-order valence-electron chi connectivity index (χ1n) is 11.4. The zero-order chi connectivity index (χ0) is 25.8. The molecule has 37 heavy (non-hydrogen) atoms. The molecule has 0 saturated carbocycles. The van der Waals surface area contributed by atoms with E-state index in [1.54, 1.807) is 43.5 Å². The fraction of sp³-hybridized carbons (Fsp3) is 0.192. The van der Waals surface area contributed by atoms with Crippen molar-refractivity contribution in [3.05, 3.63) is 66.4 Å². The molecule has 1 atom stereocenters. The summed E-state index contributed by atoms with van der Waals surface area (Å²) in [6, 6.07) is 12.5. The Kier molecular flexibility index (Phi) is 6.65. The lowest BCUT2D eigenvalue weighted by Crippen LogP contribution is -2.16. The topological polar surface area (TPSA) is 157 Å². The van der Waals surface area contributed by atoms with Crippen LogP contribution >= 0.6 is 0 Å². The molecule has 2 aromatic carbocycles. The number of methoxy groups -OCH3 is 1. The molecule has 1 fully saturated rings. The van der Waals surface area contributed by atoms with E-state index in [0.29, 0.717) is 63.9 Å². The Balaban J connectivity index is 1.36. The highest BCUT2D eigenvalue weighted by Gasteiger charge is 2.20. The molecular weight excluding hydrogens is 474 g/mol. The van der Waals surface area contributed by atoms with Gasteiger partial charge >= 0.3 is 0 Å². The molecule has 4 aromatic rings. The first kappa shape index (κ1) is 23.8. The lowest BCUT2D eigenvalue weighted by Gasteiger charge is -2.16. The first-order chi connectivity index (χ1) is 18.0. The van der Waals surface area contributed by atoms with Crippen LogP contribution in [-0.2, 0) is 4.74 Å². The largest absolute Gasteiger partial charge is 0.497 e. The Bertz CT molecular complexity index is 1480. The van der Waals surface area contributed by atoms with Gasteiger partial charge < -0.3 is 30.6 Å².